The monoisotopic (exact) mass is 301 g/mol. The molecule has 0 N–H and O–H groups in total. The van der Waals surface area contributed by atoms with Crippen molar-refractivity contribution < 1.29 is 9.26 Å². The van der Waals surface area contributed by atoms with Crippen molar-refractivity contribution in [2.75, 3.05) is 38.2 Å². The molecular formula is C17H23N3O2. The maximum atomic E-state index is 5.47. The van der Waals surface area contributed by atoms with Crippen LogP contribution in [0.25, 0.3) is 0 Å². The molecule has 0 aliphatic carbocycles. The van der Waals surface area contributed by atoms with E-state index < -0.39 is 0 Å². The Morgan fingerprint density at radius 2 is 1.86 bits per heavy atom. The summed E-state index contributed by atoms with van der Waals surface area (Å²) in [5.74, 6) is 1.88. The first-order valence-electron chi connectivity index (χ1n) is 7.71. The van der Waals surface area contributed by atoms with Gasteiger partial charge >= 0.3 is 0 Å². The number of nitrogens with zero attached hydrogens (tertiary/aromatic N) is 3. The molecule has 118 valence electrons. The highest BCUT2D eigenvalue weighted by atomic mass is 16.5. The average Bonchev–Trinajstić information content (AvgIpc) is 2.87. The molecular weight excluding hydrogens is 278 g/mol. The molecule has 0 spiro atoms. The zero-order valence-electron chi connectivity index (χ0n) is 13.5. The fourth-order valence-electron chi connectivity index (χ4n) is 2.99. The van der Waals surface area contributed by atoms with Crippen LogP contribution in [0.3, 0.4) is 0 Å². The number of hydrogen-bond donors (Lipinski definition) is 0. The third-order valence-electron chi connectivity index (χ3n) is 4.36. The first-order chi connectivity index (χ1) is 10.7. The van der Waals surface area contributed by atoms with Crippen LogP contribution < -0.4 is 9.64 Å². The van der Waals surface area contributed by atoms with Gasteiger partial charge in [0, 0.05) is 38.3 Å². The van der Waals surface area contributed by atoms with Crippen molar-refractivity contribution in [3.63, 3.8) is 0 Å². The van der Waals surface area contributed by atoms with Gasteiger partial charge in [-0.15, -0.1) is 0 Å². The van der Waals surface area contributed by atoms with Gasteiger partial charge in [0.25, 0.3) is 0 Å². The van der Waals surface area contributed by atoms with Crippen molar-refractivity contribution in [2.24, 2.45) is 0 Å². The van der Waals surface area contributed by atoms with Crippen molar-refractivity contribution in [3.05, 3.63) is 41.3 Å². The summed E-state index contributed by atoms with van der Waals surface area (Å²) < 4.78 is 10.7. The molecule has 0 radical (unpaired) electrons. The van der Waals surface area contributed by atoms with E-state index in [0.29, 0.717) is 0 Å². The van der Waals surface area contributed by atoms with Gasteiger partial charge in [-0.2, -0.15) is 0 Å². The lowest BCUT2D eigenvalue weighted by molar-refractivity contribution is 0.247. The molecule has 1 aromatic heterocycles. The fourth-order valence-corrected chi connectivity index (χ4v) is 2.99. The SMILES string of the molecule is COc1ccccc1N1CCN(Cc2c(C)noc2C)CC1. The lowest BCUT2D eigenvalue weighted by Gasteiger charge is -2.36. The van der Waals surface area contributed by atoms with Crippen molar-refractivity contribution in [1.29, 1.82) is 0 Å². The second-order valence-electron chi connectivity index (χ2n) is 5.74. The van der Waals surface area contributed by atoms with E-state index in [9.17, 15) is 0 Å². The van der Waals surface area contributed by atoms with E-state index in [-0.39, 0.29) is 0 Å². The lowest BCUT2D eigenvalue weighted by atomic mass is 10.1. The number of ether oxygens (including phenoxy) is 1. The molecule has 5 heteroatoms. The molecule has 0 atom stereocenters. The molecule has 5 nitrogen and oxygen atoms in total. The number of aryl methyl sites for hydroxylation is 2. The summed E-state index contributed by atoms with van der Waals surface area (Å²) in [7, 11) is 1.73. The Kier molecular flexibility index (Phi) is 4.34. The molecule has 1 aliphatic rings. The molecule has 2 aromatic rings. The molecule has 1 saturated heterocycles. The van der Waals surface area contributed by atoms with Gasteiger partial charge in [-0.05, 0) is 26.0 Å². The van der Waals surface area contributed by atoms with Crippen LogP contribution in [0.5, 0.6) is 5.75 Å². The van der Waals surface area contributed by atoms with Gasteiger partial charge in [-0.25, -0.2) is 0 Å². The predicted molar refractivity (Wildman–Crippen MR) is 86.5 cm³/mol. The summed E-state index contributed by atoms with van der Waals surface area (Å²) in [6.07, 6.45) is 0. The van der Waals surface area contributed by atoms with Crippen LogP contribution in [-0.2, 0) is 6.54 Å². The maximum Gasteiger partial charge on any atom is 0.142 e. The summed E-state index contributed by atoms with van der Waals surface area (Å²) in [6, 6.07) is 8.22. The zero-order valence-corrected chi connectivity index (χ0v) is 13.5. The first-order valence-corrected chi connectivity index (χ1v) is 7.71. The van der Waals surface area contributed by atoms with E-state index >= 15 is 0 Å². The third-order valence-corrected chi connectivity index (χ3v) is 4.36. The number of piperazine rings is 1. The van der Waals surface area contributed by atoms with E-state index in [1.165, 1.54) is 11.3 Å². The first kappa shape index (κ1) is 14.9. The Bertz CT molecular complexity index is 611. The third kappa shape index (κ3) is 2.95. The van der Waals surface area contributed by atoms with Crippen LogP contribution in [0.15, 0.2) is 28.8 Å². The Hall–Kier alpha value is -2.01. The highest BCUT2D eigenvalue weighted by Crippen LogP contribution is 2.28. The highest BCUT2D eigenvalue weighted by molar-refractivity contribution is 5.58. The molecule has 1 aromatic carbocycles. The summed E-state index contributed by atoms with van der Waals surface area (Å²) in [4.78, 5) is 4.85. The van der Waals surface area contributed by atoms with Crippen LogP contribution in [0.2, 0.25) is 0 Å². The summed E-state index contributed by atoms with van der Waals surface area (Å²) in [5, 5.41) is 4.04. The molecule has 0 unspecified atom stereocenters. The average molecular weight is 301 g/mol. The van der Waals surface area contributed by atoms with E-state index in [1.54, 1.807) is 7.11 Å². The lowest BCUT2D eigenvalue weighted by Crippen LogP contribution is -2.46. The molecule has 3 rings (SSSR count). The van der Waals surface area contributed by atoms with E-state index in [1.807, 2.05) is 26.0 Å². The normalized spacial score (nSPS) is 16.0. The zero-order chi connectivity index (χ0) is 15.5. The van der Waals surface area contributed by atoms with Crippen molar-refractivity contribution in [3.8, 4) is 5.75 Å². The van der Waals surface area contributed by atoms with Crippen LogP contribution >= 0.6 is 0 Å². The van der Waals surface area contributed by atoms with E-state index in [4.69, 9.17) is 9.26 Å². The number of rotatable bonds is 4. The van der Waals surface area contributed by atoms with E-state index in [2.05, 4.69) is 27.1 Å². The minimum absolute atomic E-state index is 0.918. The smallest absolute Gasteiger partial charge is 0.142 e. The molecule has 22 heavy (non-hydrogen) atoms. The van der Waals surface area contributed by atoms with Crippen LogP contribution in [-0.4, -0.2) is 43.3 Å². The second kappa shape index (κ2) is 6.40. The quantitative estimate of drug-likeness (QED) is 0.868. The minimum atomic E-state index is 0.918. The molecule has 0 bridgehead atoms. The number of para-hydroxylation sites is 2. The number of aromatic nitrogens is 1. The summed E-state index contributed by atoms with van der Waals surface area (Å²) in [6.45, 7) is 8.98. The van der Waals surface area contributed by atoms with E-state index in [0.717, 1.165) is 49.9 Å². The Balaban J connectivity index is 1.63. The summed E-state index contributed by atoms with van der Waals surface area (Å²) >= 11 is 0. The minimum Gasteiger partial charge on any atom is -0.495 e. The molecule has 0 saturated carbocycles. The molecule has 1 fully saturated rings. The van der Waals surface area contributed by atoms with Gasteiger partial charge in [-0.3, -0.25) is 4.90 Å². The number of hydrogen-bond acceptors (Lipinski definition) is 5. The largest absolute Gasteiger partial charge is 0.495 e. The predicted octanol–water partition coefficient (Wildman–Crippen LogP) is 2.62. The van der Waals surface area contributed by atoms with Crippen molar-refractivity contribution in [1.82, 2.24) is 10.1 Å². The van der Waals surface area contributed by atoms with Gasteiger partial charge in [0.05, 0.1) is 18.5 Å². The number of benzene rings is 1. The Morgan fingerprint density at radius 1 is 1.14 bits per heavy atom. The van der Waals surface area contributed by atoms with Gasteiger partial charge < -0.3 is 14.2 Å². The topological polar surface area (TPSA) is 41.7 Å². The Morgan fingerprint density at radius 3 is 2.50 bits per heavy atom. The van der Waals surface area contributed by atoms with Gasteiger partial charge in [0.2, 0.25) is 0 Å². The fraction of sp³-hybridized carbons (Fsp3) is 0.471. The van der Waals surface area contributed by atoms with Gasteiger partial charge in [-0.1, -0.05) is 17.3 Å². The van der Waals surface area contributed by atoms with Gasteiger partial charge in [0.1, 0.15) is 11.5 Å². The van der Waals surface area contributed by atoms with Gasteiger partial charge in [0.15, 0.2) is 0 Å². The second-order valence-corrected chi connectivity index (χ2v) is 5.74. The number of methoxy groups -OCH3 is 1. The summed E-state index contributed by atoms with van der Waals surface area (Å²) in [5.41, 5.74) is 3.41. The van der Waals surface area contributed by atoms with Crippen LogP contribution in [0, 0.1) is 13.8 Å². The standard InChI is InChI=1S/C17H23N3O2/c1-13-15(14(2)22-18-13)12-19-8-10-20(11-9-19)16-6-4-5-7-17(16)21-3/h4-7H,8-12H2,1-3H3. The molecule has 2 heterocycles. The van der Waals surface area contributed by atoms with Crippen LogP contribution in [0.1, 0.15) is 17.0 Å². The van der Waals surface area contributed by atoms with Crippen LogP contribution in [0.4, 0.5) is 5.69 Å². The maximum absolute atomic E-state index is 5.47. The highest BCUT2D eigenvalue weighted by Gasteiger charge is 2.21. The molecule has 0 amide bonds. The Labute approximate surface area is 131 Å². The van der Waals surface area contributed by atoms with Crippen molar-refractivity contribution in [2.45, 2.75) is 20.4 Å². The number of anilines is 1. The molecule has 1 aliphatic heterocycles. The van der Waals surface area contributed by atoms with Crippen molar-refractivity contribution >= 4 is 5.69 Å².